The highest BCUT2D eigenvalue weighted by Gasteiger charge is 2.24. The van der Waals surface area contributed by atoms with Gasteiger partial charge in [-0.05, 0) is 31.5 Å². The van der Waals surface area contributed by atoms with Gasteiger partial charge in [0.2, 0.25) is 0 Å². The second kappa shape index (κ2) is 5.65. The summed E-state index contributed by atoms with van der Waals surface area (Å²) < 4.78 is 17.5. The molecule has 0 amide bonds. The van der Waals surface area contributed by atoms with Crippen molar-refractivity contribution in [2.45, 2.75) is 25.9 Å². The first kappa shape index (κ1) is 12.6. The fourth-order valence-electron chi connectivity index (χ4n) is 2.08. The summed E-state index contributed by atoms with van der Waals surface area (Å²) in [5, 5.41) is 0. The molecule has 1 aromatic rings. The predicted octanol–water partition coefficient (Wildman–Crippen LogP) is 1.40. The van der Waals surface area contributed by atoms with Gasteiger partial charge in [-0.15, -0.1) is 0 Å². The predicted molar refractivity (Wildman–Crippen MR) is 70.8 cm³/mol. The standard InChI is InChI=1S/C13H19NO2S/c1-10-3-4-13-11(7-10)8-12(16-13)9-17(15)6-2-5-14/h3-4,7,12H,2,5-6,8-9,14H2,1H3. The number of ether oxygens (including phenoxy) is 1. The molecule has 2 unspecified atom stereocenters. The molecule has 0 fully saturated rings. The molecule has 0 aromatic heterocycles. The summed E-state index contributed by atoms with van der Waals surface area (Å²) in [5.41, 5.74) is 7.89. The monoisotopic (exact) mass is 253 g/mol. The van der Waals surface area contributed by atoms with E-state index in [-0.39, 0.29) is 6.10 Å². The summed E-state index contributed by atoms with van der Waals surface area (Å²) in [7, 11) is -0.808. The summed E-state index contributed by atoms with van der Waals surface area (Å²) in [6.07, 6.45) is 1.78. The number of benzene rings is 1. The molecule has 0 saturated carbocycles. The van der Waals surface area contributed by atoms with Gasteiger partial charge in [0, 0.05) is 23.0 Å². The van der Waals surface area contributed by atoms with Gasteiger partial charge in [0.15, 0.2) is 0 Å². The van der Waals surface area contributed by atoms with Gasteiger partial charge in [-0.3, -0.25) is 4.21 Å². The van der Waals surface area contributed by atoms with Crippen LogP contribution in [0.25, 0.3) is 0 Å². The van der Waals surface area contributed by atoms with Gasteiger partial charge >= 0.3 is 0 Å². The van der Waals surface area contributed by atoms with E-state index in [9.17, 15) is 4.21 Å². The van der Waals surface area contributed by atoms with E-state index in [0.717, 1.165) is 18.6 Å². The molecule has 0 saturated heterocycles. The smallest absolute Gasteiger partial charge is 0.123 e. The maximum absolute atomic E-state index is 11.8. The van der Waals surface area contributed by atoms with E-state index in [1.165, 1.54) is 11.1 Å². The van der Waals surface area contributed by atoms with E-state index in [4.69, 9.17) is 10.5 Å². The SMILES string of the molecule is Cc1ccc2c(c1)CC(CS(=O)CCCN)O2. The van der Waals surface area contributed by atoms with Gasteiger partial charge in [-0.2, -0.15) is 0 Å². The fourth-order valence-corrected chi connectivity index (χ4v) is 3.33. The van der Waals surface area contributed by atoms with Gasteiger partial charge in [0.1, 0.15) is 11.9 Å². The van der Waals surface area contributed by atoms with Crippen molar-refractivity contribution in [3.63, 3.8) is 0 Å². The molecule has 1 aliphatic rings. The largest absolute Gasteiger partial charge is 0.489 e. The minimum atomic E-state index is -0.808. The molecule has 0 radical (unpaired) electrons. The number of hydrogen-bond donors (Lipinski definition) is 1. The second-order valence-corrected chi connectivity index (χ2v) is 6.13. The molecule has 17 heavy (non-hydrogen) atoms. The minimum Gasteiger partial charge on any atom is -0.489 e. The van der Waals surface area contributed by atoms with Crippen LogP contribution in [0.3, 0.4) is 0 Å². The van der Waals surface area contributed by atoms with E-state index >= 15 is 0 Å². The molecule has 0 aliphatic carbocycles. The highest BCUT2D eigenvalue weighted by molar-refractivity contribution is 7.85. The number of nitrogens with two attached hydrogens (primary N) is 1. The summed E-state index contributed by atoms with van der Waals surface area (Å²) in [6.45, 7) is 2.68. The lowest BCUT2D eigenvalue weighted by atomic mass is 10.1. The first-order chi connectivity index (χ1) is 8.19. The zero-order valence-corrected chi connectivity index (χ0v) is 11.0. The van der Waals surface area contributed by atoms with Crippen LogP contribution in [0, 0.1) is 6.92 Å². The molecule has 4 heteroatoms. The lowest BCUT2D eigenvalue weighted by Gasteiger charge is -2.09. The van der Waals surface area contributed by atoms with Crippen molar-refractivity contribution in [1.29, 1.82) is 0 Å². The van der Waals surface area contributed by atoms with Crippen molar-refractivity contribution in [2.24, 2.45) is 5.73 Å². The van der Waals surface area contributed by atoms with Crippen molar-refractivity contribution >= 4 is 10.8 Å². The average Bonchev–Trinajstić information content (AvgIpc) is 2.67. The van der Waals surface area contributed by atoms with Crippen molar-refractivity contribution in [1.82, 2.24) is 0 Å². The molecule has 0 bridgehead atoms. The van der Waals surface area contributed by atoms with Crippen LogP contribution in [0.2, 0.25) is 0 Å². The Balaban J connectivity index is 1.89. The number of rotatable bonds is 5. The molecule has 2 atom stereocenters. The molecular formula is C13H19NO2S. The van der Waals surface area contributed by atoms with Gasteiger partial charge in [-0.25, -0.2) is 0 Å². The molecule has 2 N–H and O–H groups in total. The quantitative estimate of drug-likeness (QED) is 0.863. The van der Waals surface area contributed by atoms with E-state index in [1.54, 1.807) is 0 Å². The van der Waals surface area contributed by atoms with Crippen LogP contribution in [-0.2, 0) is 17.2 Å². The molecule has 0 spiro atoms. The number of hydrogen-bond acceptors (Lipinski definition) is 3. The van der Waals surface area contributed by atoms with Crippen molar-refractivity contribution in [3.05, 3.63) is 29.3 Å². The Kier molecular flexibility index (Phi) is 4.18. The van der Waals surface area contributed by atoms with Crippen LogP contribution in [0.5, 0.6) is 5.75 Å². The van der Waals surface area contributed by atoms with Crippen molar-refractivity contribution in [3.8, 4) is 5.75 Å². The van der Waals surface area contributed by atoms with Gasteiger partial charge in [0.25, 0.3) is 0 Å². The average molecular weight is 253 g/mol. The highest BCUT2D eigenvalue weighted by Crippen LogP contribution is 2.29. The highest BCUT2D eigenvalue weighted by atomic mass is 32.2. The molecular weight excluding hydrogens is 234 g/mol. The van der Waals surface area contributed by atoms with Crippen LogP contribution < -0.4 is 10.5 Å². The van der Waals surface area contributed by atoms with Gasteiger partial charge < -0.3 is 10.5 Å². The number of fused-ring (bicyclic) bond motifs is 1. The van der Waals surface area contributed by atoms with E-state index in [2.05, 4.69) is 13.0 Å². The zero-order valence-electron chi connectivity index (χ0n) is 10.1. The van der Waals surface area contributed by atoms with Crippen LogP contribution in [-0.4, -0.2) is 28.4 Å². The summed E-state index contributed by atoms with van der Waals surface area (Å²) in [4.78, 5) is 0. The van der Waals surface area contributed by atoms with Gasteiger partial charge in [-0.1, -0.05) is 17.7 Å². The van der Waals surface area contributed by atoms with E-state index < -0.39 is 10.8 Å². The normalized spacial score (nSPS) is 19.8. The summed E-state index contributed by atoms with van der Waals surface area (Å²) >= 11 is 0. The van der Waals surface area contributed by atoms with E-state index in [1.807, 2.05) is 12.1 Å². The summed E-state index contributed by atoms with van der Waals surface area (Å²) in [6, 6.07) is 6.21. The lowest BCUT2D eigenvalue weighted by molar-refractivity contribution is 0.258. The Bertz CT molecular complexity index is 420. The zero-order chi connectivity index (χ0) is 12.3. The van der Waals surface area contributed by atoms with Gasteiger partial charge in [0.05, 0.1) is 5.75 Å². The maximum Gasteiger partial charge on any atom is 0.123 e. The van der Waals surface area contributed by atoms with Crippen LogP contribution in [0.1, 0.15) is 17.5 Å². The number of aryl methyl sites for hydroxylation is 1. The second-order valence-electron chi connectivity index (χ2n) is 4.51. The molecule has 1 heterocycles. The third kappa shape index (κ3) is 3.30. The third-order valence-electron chi connectivity index (χ3n) is 2.91. The minimum absolute atomic E-state index is 0.0745. The fraction of sp³-hybridized carbons (Fsp3) is 0.538. The van der Waals surface area contributed by atoms with Crippen molar-refractivity contribution < 1.29 is 8.95 Å². The molecule has 94 valence electrons. The van der Waals surface area contributed by atoms with Crippen LogP contribution in [0.15, 0.2) is 18.2 Å². The first-order valence-electron chi connectivity index (χ1n) is 6.00. The molecule has 2 rings (SSSR count). The lowest BCUT2D eigenvalue weighted by Crippen LogP contribution is -2.23. The third-order valence-corrected chi connectivity index (χ3v) is 4.39. The summed E-state index contributed by atoms with van der Waals surface area (Å²) in [5.74, 6) is 2.26. The molecule has 1 aromatic carbocycles. The first-order valence-corrected chi connectivity index (χ1v) is 7.49. The molecule has 3 nitrogen and oxygen atoms in total. The van der Waals surface area contributed by atoms with E-state index in [0.29, 0.717) is 18.1 Å². The Morgan fingerprint density at radius 3 is 3.12 bits per heavy atom. The Labute approximate surface area is 105 Å². The van der Waals surface area contributed by atoms with Crippen molar-refractivity contribution in [2.75, 3.05) is 18.1 Å². The van der Waals surface area contributed by atoms with Crippen LogP contribution >= 0.6 is 0 Å². The topological polar surface area (TPSA) is 52.3 Å². The Morgan fingerprint density at radius 1 is 1.53 bits per heavy atom. The Morgan fingerprint density at radius 2 is 2.35 bits per heavy atom. The maximum atomic E-state index is 11.8. The van der Waals surface area contributed by atoms with Crippen LogP contribution in [0.4, 0.5) is 0 Å². The Hall–Kier alpha value is -0.870. The molecule has 1 aliphatic heterocycles.